The average molecular weight is 443 g/mol. The van der Waals surface area contributed by atoms with Crippen molar-refractivity contribution in [2.75, 3.05) is 5.32 Å². The molecule has 0 aliphatic rings. The second kappa shape index (κ2) is 8.36. The van der Waals surface area contributed by atoms with Crippen LogP contribution in [0.4, 0.5) is 10.2 Å². The smallest absolute Gasteiger partial charge is 0.256 e. The van der Waals surface area contributed by atoms with E-state index < -0.39 is 0 Å². The fraction of sp³-hybridized carbons (Fsp3) is 0.0800. The Kier molecular flexibility index (Phi) is 5.25. The first-order chi connectivity index (χ1) is 15.6. The number of benzene rings is 3. The summed E-state index contributed by atoms with van der Waals surface area (Å²) in [5.41, 5.74) is 3.91. The molecule has 0 radical (unpaired) electrons. The first kappa shape index (κ1) is 20.1. The Morgan fingerprint density at radius 2 is 1.75 bits per heavy atom. The topological polar surface area (TPSA) is 59.8 Å². The fourth-order valence-corrected chi connectivity index (χ4v) is 4.47. The van der Waals surface area contributed by atoms with Crippen LogP contribution in [-0.2, 0) is 6.42 Å². The molecule has 3 aromatic carbocycles. The number of nitrogens with zero attached hydrogens (tertiary/aromatic N) is 3. The zero-order chi connectivity index (χ0) is 22.1. The Bertz CT molecular complexity index is 1410. The van der Waals surface area contributed by atoms with Crippen LogP contribution in [-0.4, -0.2) is 20.7 Å². The third-order valence-corrected chi connectivity index (χ3v) is 6.08. The highest BCUT2D eigenvalue weighted by molar-refractivity contribution is 7.20. The lowest BCUT2D eigenvalue weighted by Crippen LogP contribution is -2.15. The number of carbonyl (C=O) groups is 1. The fourth-order valence-electron chi connectivity index (χ4n) is 3.52. The number of halogens is 1. The van der Waals surface area contributed by atoms with E-state index in [9.17, 15) is 9.18 Å². The van der Waals surface area contributed by atoms with Gasteiger partial charge in [-0.3, -0.25) is 4.79 Å². The molecule has 158 valence electrons. The predicted molar refractivity (Wildman–Crippen MR) is 125 cm³/mol. The molecule has 0 bridgehead atoms. The van der Waals surface area contributed by atoms with Crippen molar-refractivity contribution in [3.63, 3.8) is 0 Å². The summed E-state index contributed by atoms with van der Waals surface area (Å²) in [6.45, 7) is 1.83. The van der Waals surface area contributed by atoms with E-state index in [0.29, 0.717) is 22.0 Å². The summed E-state index contributed by atoms with van der Waals surface area (Å²) < 4.78 is 16.3. The largest absolute Gasteiger partial charge is 0.306 e. The zero-order valence-electron chi connectivity index (χ0n) is 17.2. The molecule has 0 aliphatic heterocycles. The zero-order valence-corrected chi connectivity index (χ0v) is 18.1. The summed E-state index contributed by atoms with van der Waals surface area (Å²) >= 11 is 1.32. The molecule has 0 spiro atoms. The molecule has 1 amide bonds. The van der Waals surface area contributed by atoms with Crippen molar-refractivity contribution in [1.82, 2.24) is 14.8 Å². The van der Waals surface area contributed by atoms with Gasteiger partial charge in [0.2, 0.25) is 5.13 Å². The highest BCUT2D eigenvalue weighted by Gasteiger charge is 2.16. The molecule has 5 aromatic rings. The summed E-state index contributed by atoms with van der Waals surface area (Å²) in [6, 6.07) is 24.3. The lowest BCUT2D eigenvalue weighted by atomic mass is 10.0. The van der Waals surface area contributed by atoms with Crippen molar-refractivity contribution in [3.8, 4) is 5.13 Å². The number of amides is 1. The van der Waals surface area contributed by atoms with Gasteiger partial charge in [0.25, 0.3) is 5.91 Å². The van der Waals surface area contributed by atoms with Crippen LogP contribution in [0.2, 0.25) is 0 Å². The van der Waals surface area contributed by atoms with Crippen molar-refractivity contribution in [3.05, 3.63) is 107 Å². The van der Waals surface area contributed by atoms with Crippen molar-refractivity contribution < 1.29 is 9.18 Å². The van der Waals surface area contributed by atoms with Crippen LogP contribution in [0.5, 0.6) is 0 Å². The second-order valence-electron chi connectivity index (χ2n) is 7.48. The minimum atomic E-state index is -0.380. The SMILES string of the molecule is Cc1cc(NC(=O)c2ccc(Cc3ccccc3)cc2)n(-c2nc3c(F)cccc3s2)n1. The maximum absolute atomic E-state index is 14.1. The van der Waals surface area contributed by atoms with Gasteiger partial charge in [0.05, 0.1) is 10.4 Å². The van der Waals surface area contributed by atoms with Gasteiger partial charge in [0.15, 0.2) is 0 Å². The maximum Gasteiger partial charge on any atom is 0.256 e. The van der Waals surface area contributed by atoms with Gasteiger partial charge in [-0.05, 0) is 48.7 Å². The van der Waals surface area contributed by atoms with E-state index >= 15 is 0 Å². The molecular weight excluding hydrogens is 423 g/mol. The van der Waals surface area contributed by atoms with Crippen molar-refractivity contribution in [1.29, 1.82) is 0 Å². The van der Waals surface area contributed by atoms with Gasteiger partial charge in [-0.2, -0.15) is 9.78 Å². The third-order valence-electron chi connectivity index (χ3n) is 5.08. The lowest BCUT2D eigenvalue weighted by Gasteiger charge is -2.07. The highest BCUT2D eigenvalue weighted by Crippen LogP contribution is 2.28. The first-order valence-electron chi connectivity index (χ1n) is 10.1. The summed E-state index contributed by atoms with van der Waals surface area (Å²) in [5.74, 6) is -0.139. The molecule has 0 saturated carbocycles. The Morgan fingerprint density at radius 1 is 1.00 bits per heavy atom. The van der Waals surface area contributed by atoms with Crippen LogP contribution in [0.15, 0.2) is 78.9 Å². The number of aromatic nitrogens is 3. The van der Waals surface area contributed by atoms with Gasteiger partial charge in [-0.25, -0.2) is 9.37 Å². The van der Waals surface area contributed by atoms with E-state index in [0.717, 1.165) is 22.4 Å². The summed E-state index contributed by atoms with van der Waals surface area (Å²) in [7, 11) is 0. The van der Waals surface area contributed by atoms with Crippen molar-refractivity contribution >= 4 is 33.3 Å². The summed E-state index contributed by atoms with van der Waals surface area (Å²) in [6.07, 6.45) is 0.808. The van der Waals surface area contributed by atoms with Crippen LogP contribution in [0, 0.1) is 12.7 Å². The van der Waals surface area contributed by atoms with Crippen LogP contribution in [0.25, 0.3) is 15.3 Å². The molecule has 0 saturated heterocycles. The van der Waals surface area contributed by atoms with Crippen molar-refractivity contribution in [2.45, 2.75) is 13.3 Å². The molecule has 0 unspecified atom stereocenters. The Labute approximate surface area is 188 Å². The highest BCUT2D eigenvalue weighted by atomic mass is 32.1. The number of aryl methyl sites for hydroxylation is 1. The molecule has 0 fully saturated rings. The standard InChI is InChI=1S/C25H19FN4OS/c1-16-14-22(30(29-16)25-28-23-20(26)8-5-9-21(23)32-25)27-24(31)19-12-10-18(11-13-19)15-17-6-3-2-4-7-17/h2-14H,15H2,1H3,(H,27,31). The Morgan fingerprint density at radius 3 is 2.50 bits per heavy atom. The minimum Gasteiger partial charge on any atom is -0.306 e. The van der Waals surface area contributed by atoms with E-state index in [2.05, 4.69) is 27.5 Å². The van der Waals surface area contributed by atoms with Crippen LogP contribution in [0.1, 0.15) is 27.2 Å². The lowest BCUT2D eigenvalue weighted by molar-refractivity contribution is 0.102. The normalized spacial score (nSPS) is 11.1. The minimum absolute atomic E-state index is 0.246. The number of carbonyl (C=O) groups excluding carboxylic acids is 1. The molecule has 0 atom stereocenters. The number of thiazole rings is 1. The Balaban J connectivity index is 1.37. The van der Waals surface area contributed by atoms with Gasteiger partial charge in [0, 0.05) is 11.6 Å². The molecule has 2 aromatic heterocycles. The number of hydrogen-bond acceptors (Lipinski definition) is 4. The number of nitrogens with one attached hydrogen (secondary N) is 1. The molecule has 5 nitrogen and oxygen atoms in total. The summed E-state index contributed by atoms with van der Waals surface area (Å²) in [5, 5.41) is 7.84. The van der Waals surface area contributed by atoms with Crippen LogP contribution < -0.4 is 5.32 Å². The predicted octanol–water partition coefficient (Wildman–Crippen LogP) is 5.77. The number of hydrogen-bond donors (Lipinski definition) is 1. The quantitative estimate of drug-likeness (QED) is 0.376. The van der Waals surface area contributed by atoms with Gasteiger partial charge in [-0.1, -0.05) is 59.9 Å². The molecule has 1 N–H and O–H groups in total. The van der Waals surface area contributed by atoms with E-state index in [4.69, 9.17) is 0 Å². The summed E-state index contributed by atoms with van der Waals surface area (Å²) in [4.78, 5) is 17.3. The maximum atomic E-state index is 14.1. The van der Waals surface area contributed by atoms with Gasteiger partial charge in [0.1, 0.15) is 17.2 Å². The first-order valence-corrected chi connectivity index (χ1v) is 10.9. The van der Waals surface area contributed by atoms with Gasteiger partial charge in [-0.15, -0.1) is 0 Å². The van der Waals surface area contributed by atoms with Crippen molar-refractivity contribution in [2.24, 2.45) is 0 Å². The van der Waals surface area contributed by atoms with E-state index in [1.54, 1.807) is 16.8 Å². The van der Waals surface area contributed by atoms with Gasteiger partial charge < -0.3 is 5.32 Å². The van der Waals surface area contributed by atoms with Crippen LogP contribution in [0.3, 0.4) is 0 Å². The molecule has 0 aliphatic carbocycles. The Hall–Kier alpha value is -3.84. The molecular formula is C25H19FN4OS. The average Bonchev–Trinajstić information content (AvgIpc) is 3.39. The van der Waals surface area contributed by atoms with Crippen LogP contribution >= 0.6 is 11.3 Å². The molecule has 7 heteroatoms. The van der Waals surface area contributed by atoms with E-state index in [1.165, 1.54) is 23.0 Å². The molecule has 2 heterocycles. The van der Waals surface area contributed by atoms with Gasteiger partial charge >= 0.3 is 0 Å². The van der Waals surface area contributed by atoms with E-state index in [-0.39, 0.29) is 11.7 Å². The number of para-hydroxylation sites is 1. The monoisotopic (exact) mass is 442 g/mol. The van der Waals surface area contributed by atoms with E-state index in [1.807, 2.05) is 55.5 Å². The second-order valence-corrected chi connectivity index (χ2v) is 8.49. The molecule has 5 rings (SSSR count). The third kappa shape index (κ3) is 4.02. The number of fused-ring (bicyclic) bond motifs is 1. The molecule has 32 heavy (non-hydrogen) atoms. The number of rotatable bonds is 5. The number of anilines is 1.